The number of amides is 3. The highest BCUT2D eigenvalue weighted by atomic mass is 35.5. The molecule has 3 amide bonds. The summed E-state index contributed by atoms with van der Waals surface area (Å²) in [6.07, 6.45) is 0. The van der Waals surface area contributed by atoms with E-state index in [1.165, 1.54) is 18.2 Å². The number of hydrazine groups is 1. The van der Waals surface area contributed by atoms with Gasteiger partial charge in [-0.25, -0.2) is 0 Å². The summed E-state index contributed by atoms with van der Waals surface area (Å²) in [6.45, 7) is 1.90. The number of halogens is 2. The molecule has 0 radical (unpaired) electrons. The molecule has 4 N–H and O–H groups in total. The van der Waals surface area contributed by atoms with Gasteiger partial charge in [-0.2, -0.15) is 0 Å². The number of carbonyl (C=O) groups excluding carboxylic acids is 3. The second kappa shape index (κ2) is 10.9. The lowest BCUT2D eigenvalue weighted by Crippen LogP contribution is -2.48. The lowest BCUT2D eigenvalue weighted by Gasteiger charge is -2.11. The topological polar surface area (TPSA) is 99.3 Å². The van der Waals surface area contributed by atoms with Crippen LogP contribution >= 0.6 is 35.4 Å². The first-order valence-corrected chi connectivity index (χ1v) is 10.7. The van der Waals surface area contributed by atoms with Crippen molar-refractivity contribution < 1.29 is 14.4 Å². The SMILES string of the molecule is Cc1cccc(C(=O)Nc2ccc(C(=O)NNC(=S)NC(=O)c3cc(Cl)cc(Cl)c3)cc2)c1. The molecule has 3 aromatic carbocycles. The molecule has 0 atom stereocenters. The molecule has 0 spiro atoms. The van der Waals surface area contributed by atoms with E-state index in [1.807, 2.05) is 19.1 Å². The van der Waals surface area contributed by atoms with Gasteiger partial charge in [0.15, 0.2) is 5.11 Å². The fraction of sp³-hybridized carbons (Fsp3) is 0.0435. The third-order valence-corrected chi connectivity index (χ3v) is 4.97. The number of anilines is 1. The van der Waals surface area contributed by atoms with Crippen LogP contribution in [0.25, 0.3) is 0 Å². The maximum absolute atomic E-state index is 12.3. The van der Waals surface area contributed by atoms with Gasteiger partial charge < -0.3 is 5.32 Å². The van der Waals surface area contributed by atoms with Crippen LogP contribution in [0.5, 0.6) is 0 Å². The molecule has 33 heavy (non-hydrogen) atoms. The highest BCUT2D eigenvalue weighted by Gasteiger charge is 2.12. The van der Waals surface area contributed by atoms with Crippen LogP contribution in [0, 0.1) is 6.92 Å². The first-order valence-electron chi connectivity index (χ1n) is 9.57. The van der Waals surface area contributed by atoms with Gasteiger partial charge in [-0.1, -0.05) is 40.9 Å². The number of hydrogen-bond donors (Lipinski definition) is 4. The Bertz CT molecular complexity index is 1210. The predicted octanol–water partition coefficient (Wildman–Crippen LogP) is 4.50. The van der Waals surface area contributed by atoms with Crippen LogP contribution in [-0.2, 0) is 0 Å². The molecular weight excluding hydrogens is 483 g/mol. The summed E-state index contributed by atoms with van der Waals surface area (Å²) in [7, 11) is 0. The Kier molecular flexibility index (Phi) is 8.00. The van der Waals surface area contributed by atoms with E-state index >= 15 is 0 Å². The molecule has 10 heteroatoms. The van der Waals surface area contributed by atoms with E-state index in [9.17, 15) is 14.4 Å². The van der Waals surface area contributed by atoms with Crippen LogP contribution < -0.4 is 21.5 Å². The van der Waals surface area contributed by atoms with E-state index in [1.54, 1.807) is 36.4 Å². The summed E-state index contributed by atoms with van der Waals surface area (Å²) >= 11 is 16.8. The third-order valence-electron chi connectivity index (χ3n) is 4.33. The molecule has 0 aromatic heterocycles. The van der Waals surface area contributed by atoms with Gasteiger partial charge in [0.2, 0.25) is 0 Å². The summed E-state index contributed by atoms with van der Waals surface area (Å²) in [5.41, 5.74) is 7.41. The van der Waals surface area contributed by atoms with Crippen molar-refractivity contribution >= 4 is 63.9 Å². The van der Waals surface area contributed by atoms with E-state index in [-0.39, 0.29) is 16.6 Å². The van der Waals surface area contributed by atoms with Crippen molar-refractivity contribution in [2.45, 2.75) is 6.92 Å². The van der Waals surface area contributed by atoms with Crippen molar-refractivity contribution in [2.75, 3.05) is 5.32 Å². The van der Waals surface area contributed by atoms with Crippen molar-refractivity contribution in [1.29, 1.82) is 0 Å². The number of aryl methyl sites for hydroxylation is 1. The van der Waals surface area contributed by atoms with E-state index in [0.717, 1.165) is 5.56 Å². The van der Waals surface area contributed by atoms with Crippen molar-refractivity contribution in [1.82, 2.24) is 16.2 Å². The van der Waals surface area contributed by atoms with Crippen LogP contribution in [0.15, 0.2) is 66.7 Å². The summed E-state index contributed by atoms with van der Waals surface area (Å²) in [4.78, 5) is 36.9. The fourth-order valence-electron chi connectivity index (χ4n) is 2.77. The normalized spacial score (nSPS) is 10.2. The molecular formula is C23H18Cl2N4O3S. The van der Waals surface area contributed by atoms with E-state index in [0.29, 0.717) is 26.9 Å². The summed E-state index contributed by atoms with van der Waals surface area (Å²) in [6, 6.07) is 17.9. The summed E-state index contributed by atoms with van der Waals surface area (Å²) in [5.74, 6) is -1.28. The van der Waals surface area contributed by atoms with Crippen molar-refractivity contribution in [3.63, 3.8) is 0 Å². The zero-order valence-corrected chi connectivity index (χ0v) is 19.6. The van der Waals surface area contributed by atoms with Crippen LogP contribution in [0.4, 0.5) is 5.69 Å². The third kappa shape index (κ3) is 7.01. The molecule has 3 rings (SSSR count). The van der Waals surface area contributed by atoms with Gasteiger partial charge >= 0.3 is 0 Å². The van der Waals surface area contributed by atoms with Crippen LogP contribution in [0.2, 0.25) is 10.0 Å². The van der Waals surface area contributed by atoms with Crippen molar-refractivity contribution in [2.24, 2.45) is 0 Å². The lowest BCUT2D eigenvalue weighted by molar-refractivity contribution is 0.0934. The summed E-state index contributed by atoms with van der Waals surface area (Å²) in [5, 5.41) is 5.67. The molecule has 0 aliphatic rings. The first kappa shape index (κ1) is 24.2. The standard InChI is InChI=1S/C23H18Cl2N4O3S/c1-13-3-2-4-15(9-13)20(30)26-19-7-5-14(6-8-19)22(32)28-29-23(33)27-21(31)16-10-17(24)12-18(25)11-16/h2-12H,1H3,(H,26,30)(H,28,32)(H2,27,29,31,33). The van der Waals surface area contributed by atoms with E-state index < -0.39 is 11.8 Å². The van der Waals surface area contributed by atoms with Crippen molar-refractivity contribution in [3.05, 3.63) is 99.0 Å². The Hall–Kier alpha value is -3.46. The van der Waals surface area contributed by atoms with Gasteiger partial charge in [0.25, 0.3) is 17.7 Å². The minimum Gasteiger partial charge on any atom is -0.322 e. The molecule has 7 nitrogen and oxygen atoms in total. The molecule has 0 aliphatic heterocycles. The molecule has 168 valence electrons. The average Bonchev–Trinajstić information content (AvgIpc) is 2.77. The van der Waals surface area contributed by atoms with Gasteiger partial charge in [-0.15, -0.1) is 0 Å². The molecule has 0 bridgehead atoms. The van der Waals surface area contributed by atoms with Crippen LogP contribution in [-0.4, -0.2) is 22.8 Å². The Morgan fingerprint density at radius 2 is 1.39 bits per heavy atom. The van der Waals surface area contributed by atoms with Crippen LogP contribution in [0.1, 0.15) is 36.6 Å². The quantitative estimate of drug-likeness (QED) is 0.312. The first-order chi connectivity index (χ1) is 15.7. The van der Waals surface area contributed by atoms with Gasteiger partial charge in [0, 0.05) is 32.4 Å². The Morgan fingerprint density at radius 3 is 2.03 bits per heavy atom. The second-order valence-electron chi connectivity index (χ2n) is 6.92. The number of nitrogens with one attached hydrogen (secondary N) is 4. The number of carbonyl (C=O) groups is 3. The minimum atomic E-state index is -0.542. The molecule has 0 saturated heterocycles. The zero-order valence-electron chi connectivity index (χ0n) is 17.2. The summed E-state index contributed by atoms with van der Waals surface area (Å²) < 4.78 is 0. The molecule has 3 aromatic rings. The van der Waals surface area contributed by atoms with Gasteiger partial charge in [-0.05, 0) is 73.7 Å². The smallest absolute Gasteiger partial charge is 0.269 e. The minimum absolute atomic E-state index is 0.119. The average molecular weight is 501 g/mol. The Labute approximate surface area is 205 Å². The number of thiocarbonyl (C=S) groups is 1. The maximum atomic E-state index is 12.3. The second-order valence-corrected chi connectivity index (χ2v) is 8.20. The maximum Gasteiger partial charge on any atom is 0.269 e. The highest BCUT2D eigenvalue weighted by molar-refractivity contribution is 7.80. The number of hydrogen-bond acceptors (Lipinski definition) is 4. The molecule has 0 fully saturated rings. The molecule has 0 saturated carbocycles. The lowest BCUT2D eigenvalue weighted by atomic mass is 10.1. The van der Waals surface area contributed by atoms with E-state index in [2.05, 4.69) is 21.5 Å². The number of benzene rings is 3. The van der Waals surface area contributed by atoms with Crippen molar-refractivity contribution in [3.8, 4) is 0 Å². The predicted molar refractivity (Wildman–Crippen MR) is 133 cm³/mol. The van der Waals surface area contributed by atoms with Crippen LogP contribution in [0.3, 0.4) is 0 Å². The molecule has 0 aliphatic carbocycles. The van der Waals surface area contributed by atoms with Gasteiger partial charge in [-0.3, -0.25) is 30.6 Å². The zero-order chi connectivity index (χ0) is 24.0. The molecule has 0 unspecified atom stereocenters. The largest absolute Gasteiger partial charge is 0.322 e. The Morgan fingerprint density at radius 1 is 0.727 bits per heavy atom. The fourth-order valence-corrected chi connectivity index (χ4v) is 3.44. The number of rotatable bonds is 4. The highest BCUT2D eigenvalue weighted by Crippen LogP contribution is 2.19. The molecule has 0 heterocycles. The monoisotopic (exact) mass is 500 g/mol. The van der Waals surface area contributed by atoms with Gasteiger partial charge in [0.05, 0.1) is 0 Å². The van der Waals surface area contributed by atoms with E-state index in [4.69, 9.17) is 35.4 Å². The Balaban J connectivity index is 1.51. The van der Waals surface area contributed by atoms with Gasteiger partial charge in [0.1, 0.15) is 0 Å².